The lowest BCUT2D eigenvalue weighted by molar-refractivity contribution is -0.142. The maximum absolute atomic E-state index is 11.7. The number of carboxylic acids is 1. The summed E-state index contributed by atoms with van der Waals surface area (Å²) in [6.07, 6.45) is -0.213. The quantitative estimate of drug-likeness (QED) is 0.724. The number of carboxylic acid groups (broad SMARTS) is 1. The Morgan fingerprint density at radius 1 is 1.40 bits per heavy atom. The zero-order chi connectivity index (χ0) is 15.1. The number of esters is 1. The fraction of sp³-hybridized carbons (Fsp3) is 0.364. The van der Waals surface area contributed by atoms with Crippen molar-refractivity contribution in [1.82, 2.24) is 15.5 Å². The van der Waals surface area contributed by atoms with Crippen molar-refractivity contribution in [3.8, 4) is 0 Å². The van der Waals surface area contributed by atoms with Gasteiger partial charge in [-0.25, -0.2) is 4.79 Å². The van der Waals surface area contributed by atoms with Crippen LogP contribution in [0.15, 0.2) is 12.1 Å². The van der Waals surface area contributed by atoms with Crippen LogP contribution in [0.1, 0.15) is 23.3 Å². The van der Waals surface area contributed by atoms with Crippen molar-refractivity contribution >= 4 is 29.4 Å². The molecule has 0 spiro atoms. The molecule has 0 saturated carbocycles. The Kier molecular flexibility index (Phi) is 5.85. The van der Waals surface area contributed by atoms with E-state index in [1.54, 1.807) is 0 Å². The van der Waals surface area contributed by atoms with Gasteiger partial charge in [-0.3, -0.25) is 9.59 Å². The number of nitrogens with one attached hydrogen (secondary N) is 1. The molecule has 1 rings (SSSR count). The van der Waals surface area contributed by atoms with Crippen molar-refractivity contribution in [3.63, 3.8) is 0 Å². The Bertz CT molecular complexity index is 505. The van der Waals surface area contributed by atoms with Gasteiger partial charge in [0.1, 0.15) is 6.04 Å². The van der Waals surface area contributed by atoms with Gasteiger partial charge in [-0.1, -0.05) is 11.6 Å². The predicted molar refractivity (Wildman–Crippen MR) is 67.2 cm³/mol. The van der Waals surface area contributed by atoms with Gasteiger partial charge in [-0.15, -0.1) is 10.2 Å². The Hall–Kier alpha value is -2.22. The average molecular weight is 302 g/mol. The van der Waals surface area contributed by atoms with Crippen LogP contribution in [0.2, 0.25) is 5.15 Å². The molecule has 20 heavy (non-hydrogen) atoms. The minimum absolute atomic E-state index is 0.0706. The summed E-state index contributed by atoms with van der Waals surface area (Å²) in [5.41, 5.74) is -0.0706. The second-order valence-electron chi connectivity index (χ2n) is 3.72. The Morgan fingerprint density at radius 2 is 2.10 bits per heavy atom. The van der Waals surface area contributed by atoms with Crippen LogP contribution in [-0.2, 0) is 14.3 Å². The first-order valence-corrected chi connectivity index (χ1v) is 5.91. The number of hydrogen-bond acceptors (Lipinski definition) is 6. The fourth-order valence-electron chi connectivity index (χ4n) is 1.29. The topological polar surface area (TPSA) is 118 Å². The molecular weight excluding hydrogens is 290 g/mol. The molecule has 1 amide bonds. The first-order valence-electron chi connectivity index (χ1n) is 5.53. The standard InChI is InChI=1S/C11H12ClN3O5/c1-20-9(16)5-3-7(11(18)19)13-10(17)6-2-4-8(12)15-14-6/h2,4,7H,3,5H2,1H3,(H,13,17)(H,18,19)/t7-/m1/s1. The van der Waals surface area contributed by atoms with Crippen molar-refractivity contribution in [1.29, 1.82) is 0 Å². The van der Waals surface area contributed by atoms with Crippen molar-refractivity contribution in [2.24, 2.45) is 0 Å². The number of carbonyl (C=O) groups is 3. The lowest BCUT2D eigenvalue weighted by Gasteiger charge is -2.13. The lowest BCUT2D eigenvalue weighted by Crippen LogP contribution is -2.41. The van der Waals surface area contributed by atoms with E-state index in [1.165, 1.54) is 19.2 Å². The van der Waals surface area contributed by atoms with Gasteiger partial charge in [0.05, 0.1) is 7.11 Å². The van der Waals surface area contributed by atoms with Crippen LogP contribution < -0.4 is 5.32 Å². The minimum Gasteiger partial charge on any atom is -0.480 e. The monoisotopic (exact) mass is 301 g/mol. The Morgan fingerprint density at radius 3 is 2.60 bits per heavy atom. The summed E-state index contributed by atoms with van der Waals surface area (Å²) in [5.74, 6) is -2.53. The van der Waals surface area contributed by atoms with Gasteiger partial charge in [0, 0.05) is 6.42 Å². The third-order valence-electron chi connectivity index (χ3n) is 2.33. The Labute approximate surface area is 119 Å². The summed E-state index contributed by atoms with van der Waals surface area (Å²) < 4.78 is 4.40. The van der Waals surface area contributed by atoms with E-state index < -0.39 is 23.9 Å². The van der Waals surface area contributed by atoms with Crippen molar-refractivity contribution < 1.29 is 24.2 Å². The molecule has 108 valence electrons. The largest absolute Gasteiger partial charge is 0.480 e. The number of aromatic nitrogens is 2. The highest BCUT2D eigenvalue weighted by Crippen LogP contribution is 2.04. The number of ether oxygens (including phenoxy) is 1. The number of amides is 1. The number of nitrogens with zero attached hydrogens (tertiary/aromatic N) is 2. The van der Waals surface area contributed by atoms with Gasteiger partial charge < -0.3 is 15.2 Å². The van der Waals surface area contributed by atoms with Gasteiger partial charge in [0.15, 0.2) is 10.8 Å². The molecule has 0 aromatic carbocycles. The molecule has 9 heteroatoms. The molecule has 8 nitrogen and oxygen atoms in total. The highest BCUT2D eigenvalue weighted by atomic mass is 35.5. The van der Waals surface area contributed by atoms with Gasteiger partial charge in [0.2, 0.25) is 0 Å². The van der Waals surface area contributed by atoms with Crippen LogP contribution in [-0.4, -0.2) is 46.3 Å². The van der Waals surface area contributed by atoms with Crippen LogP contribution in [0, 0.1) is 0 Å². The van der Waals surface area contributed by atoms with Gasteiger partial charge >= 0.3 is 11.9 Å². The third kappa shape index (κ3) is 4.81. The SMILES string of the molecule is COC(=O)CC[C@@H](NC(=O)c1ccc(Cl)nn1)C(=O)O. The first kappa shape index (κ1) is 15.8. The van der Waals surface area contributed by atoms with Gasteiger partial charge in [-0.2, -0.15) is 0 Å². The smallest absolute Gasteiger partial charge is 0.326 e. The maximum Gasteiger partial charge on any atom is 0.326 e. The number of hydrogen-bond donors (Lipinski definition) is 2. The summed E-state index contributed by atoms with van der Waals surface area (Å²) in [6, 6.07) is 1.44. The molecule has 0 aliphatic heterocycles. The molecule has 0 bridgehead atoms. The number of carbonyl (C=O) groups excluding carboxylic acids is 2. The highest BCUT2D eigenvalue weighted by Gasteiger charge is 2.22. The average Bonchev–Trinajstić information content (AvgIpc) is 2.43. The van der Waals surface area contributed by atoms with E-state index in [0.29, 0.717) is 0 Å². The van der Waals surface area contributed by atoms with E-state index in [-0.39, 0.29) is 23.7 Å². The molecule has 1 aromatic heterocycles. The highest BCUT2D eigenvalue weighted by molar-refractivity contribution is 6.29. The number of halogens is 1. The predicted octanol–water partition coefficient (Wildman–Crippen LogP) is 0.266. The zero-order valence-corrected chi connectivity index (χ0v) is 11.3. The fourth-order valence-corrected chi connectivity index (χ4v) is 1.39. The van der Waals surface area contributed by atoms with Crippen LogP contribution in [0.4, 0.5) is 0 Å². The number of rotatable bonds is 6. The summed E-state index contributed by atoms with van der Waals surface area (Å²) in [6.45, 7) is 0. The van der Waals surface area contributed by atoms with E-state index in [2.05, 4.69) is 20.3 Å². The van der Waals surface area contributed by atoms with E-state index in [4.69, 9.17) is 16.7 Å². The van der Waals surface area contributed by atoms with Crippen LogP contribution in [0.25, 0.3) is 0 Å². The molecule has 2 N–H and O–H groups in total. The van der Waals surface area contributed by atoms with Crippen molar-refractivity contribution in [2.75, 3.05) is 7.11 Å². The summed E-state index contributed by atoms with van der Waals surface area (Å²) in [7, 11) is 1.19. The molecule has 1 atom stereocenters. The number of aliphatic carboxylic acids is 1. The van der Waals surface area contributed by atoms with Gasteiger partial charge in [-0.05, 0) is 18.6 Å². The molecule has 0 unspecified atom stereocenters. The minimum atomic E-state index is -1.26. The zero-order valence-electron chi connectivity index (χ0n) is 10.5. The summed E-state index contributed by atoms with van der Waals surface area (Å²) in [5, 5.41) is 18.3. The molecule has 1 heterocycles. The number of methoxy groups -OCH3 is 1. The van der Waals surface area contributed by atoms with Crippen LogP contribution in [0.3, 0.4) is 0 Å². The third-order valence-corrected chi connectivity index (χ3v) is 2.53. The van der Waals surface area contributed by atoms with Crippen LogP contribution in [0.5, 0.6) is 0 Å². The van der Waals surface area contributed by atoms with Crippen molar-refractivity contribution in [3.05, 3.63) is 23.0 Å². The van der Waals surface area contributed by atoms with E-state index in [9.17, 15) is 14.4 Å². The van der Waals surface area contributed by atoms with Gasteiger partial charge in [0.25, 0.3) is 5.91 Å². The Balaban J connectivity index is 2.65. The van der Waals surface area contributed by atoms with E-state index in [0.717, 1.165) is 0 Å². The molecule has 0 aliphatic rings. The van der Waals surface area contributed by atoms with Crippen LogP contribution >= 0.6 is 11.6 Å². The molecule has 1 aromatic rings. The maximum atomic E-state index is 11.7. The summed E-state index contributed by atoms with van der Waals surface area (Å²) >= 11 is 5.52. The molecular formula is C11H12ClN3O5. The second-order valence-corrected chi connectivity index (χ2v) is 4.11. The molecule has 0 radical (unpaired) electrons. The first-order chi connectivity index (χ1) is 9.43. The normalized spacial score (nSPS) is 11.5. The summed E-state index contributed by atoms with van der Waals surface area (Å²) in [4.78, 5) is 33.7. The molecule has 0 fully saturated rings. The lowest BCUT2D eigenvalue weighted by atomic mass is 10.1. The van der Waals surface area contributed by atoms with E-state index in [1.807, 2.05) is 0 Å². The molecule has 0 aliphatic carbocycles. The second kappa shape index (κ2) is 7.39. The van der Waals surface area contributed by atoms with E-state index >= 15 is 0 Å². The molecule has 0 saturated heterocycles. The van der Waals surface area contributed by atoms with Crippen molar-refractivity contribution in [2.45, 2.75) is 18.9 Å².